The number of amides is 1. The molecule has 2 heterocycles. The van der Waals surface area contributed by atoms with Crippen LogP contribution in [0.3, 0.4) is 0 Å². The Morgan fingerprint density at radius 2 is 2.00 bits per heavy atom. The Balaban J connectivity index is 1.62. The van der Waals surface area contributed by atoms with Crippen LogP contribution in [0.1, 0.15) is 23.0 Å². The molecule has 0 aliphatic heterocycles. The average molecular weight is 477 g/mol. The lowest BCUT2D eigenvalue weighted by molar-refractivity contribution is -0.384. The second-order valence-corrected chi connectivity index (χ2v) is 6.99. The minimum absolute atomic E-state index is 0.0475. The van der Waals surface area contributed by atoms with Crippen LogP contribution in [0, 0.1) is 10.1 Å². The molecule has 35 heavy (non-hydrogen) atoms. The highest BCUT2D eigenvalue weighted by atomic mass is 16.6. The van der Waals surface area contributed by atoms with Gasteiger partial charge in [-0.05, 0) is 47.1 Å². The number of nitrogens with one attached hydrogen (secondary N) is 2. The number of nitro groups is 1. The summed E-state index contributed by atoms with van der Waals surface area (Å²) >= 11 is 0. The zero-order valence-electron chi connectivity index (χ0n) is 18.3. The summed E-state index contributed by atoms with van der Waals surface area (Å²) in [4.78, 5) is 23.4. The van der Waals surface area contributed by atoms with E-state index in [1.165, 1.54) is 28.9 Å². The van der Waals surface area contributed by atoms with Gasteiger partial charge in [0, 0.05) is 17.7 Å². The Morgan fingerprint density at radius 3 is 2.66 bits per heavy atom. The molecule has 0 bridgehead atoms. The standard InChI is InChI=1S/C21H19N9O5/c1-3-34-16-6-4-5-14(11-16)18-17(24-28-29(18)20-19(22)26-35-27-20)21(31)25-23-12(2)13-7-9-15(10-8-13)30(32)33/h4-11,23H,2-3H2,1H3,(H2,22,26)(H,25,31). The summed E-state index contributed by atoms with van der Waals surface area (Å²) < 4.78 is 11.5. The van der Waals surface area contributed by atoms with Gasteiger partial charge < -0.3 is 10.5 Å². The van der Waals surface area contributed by atoms with Crippen LogP contribution in [0.15, 0.2) is 59.7 Å². The maximum atomic E-state index is 13.1. The van der Waals surface area contributed by atoms with E-state index in [4.69, 9.17) is 10.5 Å². The molecule has 0 fully saturated rings. The summed E-state index contributed by atoms with van der Waals surface area (Å²) in [6.07, 6.45) is 0. The predicted molar refractivity (Wildman–Crippen MR) is 123 cm³/mol. The number of carbonyl (C=O) groups is 1. The summed E-state index contributed by atoms with van der Waals surface area (Å²) in [5.74, 6) is -0.0726. The summed E-state index contributed by atoms with van der Waals surface area (Å²) in [6, 6.07) is 12.6. The third-order valence-corrected chi connectivity index (χ3v) is 4.75. The van der Waals surface area contributed by atoms with Gasteiger partial charge in [0.15, 0.2) is 5.69 Å². The molecule has 178 valence electrons. The number of nitrogens with two attached hydrogens (primary N) is 1. The first-order chi connectivity index (χ1) is 16.9. The van der Waals surface area contributed by atoms with E-state index in [0.29, 0.717) is 29.2 Å². The minimum Gasteiger partial charge on any atom is -0.494 e. The van der Waals surface area contributed by atoms with Gasteiger partial charge in [-0.1, -0.05) is 23.9 Å². The number of benzene rings is 2. The van der Waals surface area contributed by atoms with Crippen molar-refractivity contribution in [1.29, 1.82) is 0 Å². The van der Waals surface area contributed by atoms with Crippen LogP contribution >= 0.6 is 0 Å². The lowest BCUT2D eigenvalue weighted by atomic mass is 10.1. The molecule has 0 radical (unpaired) electrons. The van der Waals surface area contributed by atoms with Crippen molar-refractivity contribution in [3.63, 3.8) is 0 Å². The summed E-state index contributed by atoms with van der Waals surface area (Å²) in [7, 11) is 0. The number of carbonyl (C=O) groups excluding carboxylic acids is 1. The van der Waals surface area contributed by atoms with E-state index in [2.05, 4.69) is 42.7 Å². The minimum atomic E-state index is -0.647. The highest BCUT2D eigenvalue weighted by Gasteiger charge is 2.25. The number of nitro benzene ring substituents is 1. The molecule has 14 heteroatoms. The van der Waals surface area contributed by atoms with Crippen LogP contribution in [0.2, 0.25) is 0 Å². The van der Waals surface area contributed by atoms with Crippen LogP contribution in [-0.4, -0.2) is 42.7 Å². The number of hydrazine groups is 1. The third-order valence-electron chi connectivity index (χ3n) is 4.75. The molecule has 2 aromatic heterocycles. The van der Waals surface area contributed by atoms with E-state index in [0.717, 1.165) is 0 Å². The second-order valence-electron chi connectivity index (χ2n) is 6.99. The number of hydrogen-bond donors (Lipinski definition) is 3. The molecule has 0 spiro atoms. The average Bonchev–Trinajstić information content (AvgIpc) is 3.48. The molecular formula is C21H19N9O5. The van der Waals surface area contributed by atoms with Gasteiger partial charge in [-0.3, -0.25) is 25.8 Å². The topological polar surface area (TPSA) is 189 Å². The van der Waals surface area contributed by atoms with E-state index >= 15 is 0 Å². The van der Waals surface area contributed by atoms with Crippen LogP contribution in [-0.2, 0) is 0 Å². The molecule has 0 aliphatic carbocycles. The molecule has 0 saturated carbocycles. The maximum Gasteiger partial charge on any atom is 0.292 e. The van der Waals surface area contributed by atoms with E-state index in [9.17, 15) is 14.9 Å². The highest BCUT2D eigenvalue weighted by molar-refractivity contribution is 5.98. The van der Waals surface area contributed by atoms with Gasteiger partial charge in [-0.15, -0.1) is 5.10 Å². The SMILES string of the molecule is C=C(NNC(=O)c1nnn(-c2nonc2N)c1-c1cccc(OCC)c1)c1ccc([N+](=O)[O-])cc1. The molecule has 4 N–H and O–H groups in total. The fourth-order valence-electron chi connectivity index (χ4n) is 3.13. The number of nitrogen functional groups attached to an aromatic ring is 1. The Hall–Kier alpha value is -5.27. The first-order valence-corrected chi connectivity index (χ1v) is 10.2. The summed E-state index contributed by atoms with van der Waals surface area (Å²) in [6.45, 7) is 6.13. The molecule has 0 atom stereocenters. The van der Waals surface area contributed by atoms with Crippen molar-refractivity contribution in [2.45, 2.75) is 6.92 Å². The van der Waals surface area contributed by atoms with Gasteiger partial charge in [0.05, 0.1) is 17.2 Å². The molecule has 0 saturated heterocycles. The second kappa shape index (κ2) is 9.70. The highest BCUT2D eigenvalue weighted by Crippen LogP contribution is 2.29. The normalized spacial score (nSPS) is 10.5. The van der Waals surface area contributed by atoms with Gasteiger partial charge in [0.1, 0.15) is 11.4 Å². The van der Waals surface area contributed by atoms with Gasteiger partial charge in [0.2, 0.25) is 11.6 Å². The van der Waals surface area contributed by atoms with Crippen molar-refractivity contribution in [3.05, 3.63) is 76.5 Å². The number of hydrogen-bond acceptors (Lipinski definition) is 11. The largest absolute Gasteiger partial charge is 0.494 e. The van der Waals surface area contributed by atoms with Crippen molar-refractivity contribution < 1.29 is 19.1 Å². The summed E-state index contributed by atoms with van der Waals surface area (Å²) in [5.41, 5.74) is 12.5. The lowest BCUT2D eigenvalue weighted by Crippen LogP contribution is -2.36. The van der Waals surface area contributed by atoms with Crippen LogP contribution in [0.5, 0.6) is 5.75 Å². The number of aromatic nitrogens is 5. The van der Waals surface area contributed by atoms with Crippen molar-refractivity contribution in [3.8, 4) is 22.8 Å². The number of nitrogens with zero attached hydrogens (tertiary/aromatic N) is 6. The first-order valence-electron chi connectivity index (χ1n) is 10.2. The van der Waals surface area contributed by atoms with Gasteiger partial charge >= 0.3 is 0 Å². The maximum absolute atomic E-state index is 13.1. The van der Waals surface area contributed by atoms with E-state index in [1.54, 1.807) is 24.3 Å². The van der Waals surface area contributed by atoms with Gasteiger partial charge in [-0.2, -0.15) is 4.68 Å². The quantitative estimate of drug-likeness (QED) is 0.236. The molecular weight excluding hydrogens is 458 g/mol. The zero-order chi connectivity index (χ0) is 24.9. The van der Waals surface area contributed by atoms with Crippen molar-refractivity contribution in [2.24, 2.45) is 0 Å². The van der Waals surface area contributed by atoms with Crippen molar-refractivity contribution >= 4 is 23.1 Å². The zero-order valence-corrected chi connectivity index (χ0v) is 18.3. The Bertz CT molecular complexity index is 1390. The third kappa shape index (κ3) is 4.75. The van der Waals surface area contributed by atoms with Crippen LogP contribution in [0.4, 0.5) is 11.5 Å². The first kappa shape index (κ1) is 22.9. The number of non-ortho nitro benzene ring substituents is 1. The number of anilines is 1. The molecule has 4 rings (SSSR count). The predicted octanol–water partition coefficient (Wildman–Crippen LogP) is 2.11. The summed E-state index contributed by atoms with van der Waals surface area (Å²) in [5, 5.41) is 26.1. The molecule has 0 aliphatic rings. The Morgan fingerprint density at radius 1 is 1.23 bits per heavy atom. The Kier molecular flexibility index (Phi) is 6.35. The molecule has 2 aromatic carbocycles. The van der Waals surface area contributed by atoms with Crippen LogP contribution < -0.4 is 21.3 Å². The molecule has 14 nitrogen and oxygen atoms in total. The fourth-order valence-corrected chi connectivity index (χ4v) is 3.13. The van der Waals surface area contributed by atoms with Crippen molar-refractivity contribution in [2.75, 3.05) is 12.3 Å². The molecule has 4 aromatic rings. The number of ether oxygens (including phenoxy) is 1. The molecule has 1 amide bonds. The smallest absolute Gasteiger partial charge is 0.292 e. The van der Waals surface area contributed by atoms with E-state index in [1.807, 2.05) is 6.92 Å². The molecule has 0 unspecified atom stereocenters. The fraction of sp³-hybridized carbons (Fsp3) is 0.0952. The van der Waals surface area contributed by atoms with Gasteiger partial charge in [-0.25, -0.2) is 4.63 Å². The number of rotatable bonds is 9. The Labute approximate surface area is 197 Å². The van der Waals surface area contributed by atoms with Crippen LogP contribution in [0.25, 0.3) is 22.8 Å². The van der Waals surface area contributed by atoms with Crippen molar-refractivity contribution in [1.82, 2.24) is 36.2 Å². The lowest BCUT2D eigenvalue weighted by Gasteiger charge is -2.12. The van der Waals surface area contributed by atoms with Gasteiger partial charge in [0.25, 0.3) is 11.6 Å². The van der Waals surface area contributed by atoms with E-state index < -0.39 is 10.8 Å². The van der Waals surface area contributed by atoms with E-state index in [-0.39, 0.29) is 28.7 Å². The monoisotopic (exact) mass is 477 g/mol.